The first kappa shape index (κ1) is 13.8. The van der Waals surface area contributed by atoms with Crippen molar-refractivity contribution in [2.24, 2.45) is 5.73 Å². The Morgan fingerprint density at radius 3 is 2.57 bits per heavy atom. The molecule has 3 nitrogen and oxygen atoms in total. The van der Waals surface area contributed by atoms with Crippen molar-refractivity contribution in [1.29, 1.82) is 0 Å². The number of halogens is 1. The van der Waals surface area contributed by atoms with E-state index in [0.717, 1.165) is 29.0 Å². The van der Waals surface area contributed by atoms with Crippen LogP contribution in [0.3, 0.4) is 0 Å². The fraction of sp³-hybridized carbons (Fsp3) is 0.235. The topological polar surface area (TPSA) is 43.8 Å². The summed E-state index contributed by atoms with van der Waals surface area (Å²) in [5.74, 6) is 0.603. The minimum Gasteiger partial charge on any atom is -0.328 e. The molecular formula is C17H18FN3. The van der Waals surface area contributed by atoms with Gasteiger partial charge in [-0.25, -0.2) is 9.37 Å². The van der Waals surface area contributed by atoms with Gasteiger partial charge in [0, 0.05) is 19.5 Å². The molecule has 2 N–H and O–H groups in total. The largest absolute Gasteiger partial charge is 0.328 e. The van der Waals surface area contributed by atoms with Gasteiger partial charge in [0.25, 0.3) is 0 Å². The zero-order chi connectivity index (χ0) is 14.8. The zero-order valence-corrected chi connectivity index (χ0v) is 12.0. The Morgan fingerprint density at radius 1 is 1.10 bits per heavy atom. The lowest BCUT2D eigenvalue weighted by atomic mass is 10.0. The van der Waals surface area contributed by atoms with E-state index < -0.39 is 0 Å². The molecule has 0 amide bonds. The predicted molar refractivity (Wildman–Crippen MR) is 82.5 cm³/mol. The van der Waals surface area contributed by atoms with E-state index in [1.54, 1.807) is 6.07 Å². The fourth-order valence-electron chi connectivity index (χ4n) is 2.75. The van der Waals surface area contributed by atoms with E-state index in [-0.39, 0.29) is 5.82 Å². The standard InChI is InChI=1S/C17H18FN3/c1-2-21-15-9-5-8-14(18)17(15)20-16(21)10-12-6-3-4-7-13(12)11-19/h3-9H,2,10-11,19H2,1H3. The van der Waals surface area contributed by atoms with Gasteiger partial charge in [0.15, 0.2) is 5.82 Å². The molecule has 0 aliphatic rings. The summed E-state index contributed by atoms with van der Waals surface area (Å²) in [6.45, 7) is 3.31. The van der Waals surface area contributed by atoms with E-state index in [2.05, 4.69) is 15.6 Å². The van der Waals surface area contributed by atoms with Gasteiger partial charge in [-0.2, -0.15) is 0 Å². The molecule has 2 aromatic carbocycles. The van der Waals surface area contributed by atoms with Crippen molar-refractivity contribution >= 4 is 11.0 Å². The molecule has 0 bridgehead atoms. The first-order valence-corrected chi connectivity index (χ1v) is 7.15. The van der Waals surface area contributed by atoms with Gasteiger partial charge in [-0.3, -0.25) is 0 Å². The Morgan fingerprint density at radius 2 is 1.86 bits per heavy atom. The molecule has 0 radical (unpaired) electrons. The summed E-state index contributed by atoms with van der Waals surface area (Å²) in [7, 11) is 0. The van der Waals surface area contributed by atoms with Crippen LogP contribution in [0, 0.1) is 5.82 Å². The van der Waals surface area contributed by atoms with Crippen molar-refractivity contribution in [3.05, 3.63) is 65.2 Å². The third kappa shape index (κ3) is 2.43. The number of nitrogens with zero attached hydrogens (tertiary/aromatic N) is 2. The molecule has 0 aliphatic heterocycles. The zero-order valence-electron chi connectivity index (χ0n) is 12.0. The van der Waals surface area contributed by atoms with Crippen molar-refractivity contribution in [2.75, 3.05) is 0 Å². The highest BCUT2D eigenvalue weighted by atomic mass is 19.1. The molecule has 0 aliphatic carbocycles. The lowest BCUT2D eigenvalue weighted by molar-refractivity contribution is 0.637. The molecule has 0 fully saturated rings. The maximum atomic E-state index is 13.9. The molecule has 3 rings (SSSR count). The molecule has 0 atom stereocenters. The second-order valence-corrected chi connectivity index (χ2v) is 5.03. The lowest BCUT2D eigenvalue weighted by Gasteiger charge is -2.09. The van der Waals surface area contributed by atoms with Gasteiger partial charge in [-0.1, -0.05) is 30.3 Å². The van der Waals surface area contributed by atoms with Crippen molar-refractivity contribution in [3.63, 3.8) is 0 Å². The van der Waals surface area contributed by atoms with Crippen LogP contribution >= 0.6 is 0 Å². The van der Waals surface area contributed by atoms with Gasteiger partial charge < -0.3 is 10.3 Å². The third-order valence-corrected chi connectivity index (χ3v) is 3.81. The number of hydrogen-bond acceptors (Lipinski definition) is 2. The molecule has 0 saturated carbocycles. The van der Waals surface area contributed by atoms with Crippen LogP contribution in [0.15, 0.2) is 42.5 Å². The molecule has 3 aromatic rings. The first-order chi connectivity index (χ1) is 10.2. The highest BCUT2D eigenvalue weighted by molar-refractivity contribution is 5.76. The summed E-state index contributed by atoms with van der Waals surface area (Å²) in [6.07, 6.45) is 0.662. The van der Waals surface area contributed by atoms with Crippen LogP contribution in [0.5, 0.6) is 0 Å². The Bertz CT molecular complexity index is 777. The molecule has 0 saturated heterocycles. The maximum absolute atomic E-state index is 13.9. The predicted octanol–water partition coefficient (Wildman–Crippen LogP) is 3.24. The van der Waals surface area contributed by atoms with Gasteiger partial charge in [-0.05, 0) is 30.2 Å². The minimum absolute atomic E-state index is 0.270. The van der Waals surface area contributed by atoms with Crippen LogP contribution in [0.1, 0.15) is 23.9 Å². The lowest BCUT2D eigenvalue weighted by Crippen LogP contribution is -2.06. The van der Waals surface area contributed by atoms with Gasteiger partial charge >= 0.3 is 0 Å². The third-order valence-electron chi connectivity index (χ3n) is 3.81. The summed E-state index contributed by atoms with van der Waals surface area (Å²) in [4.78, 5) is 4.50. The maximum Gasteiger partial charge on any atom is 0.151 e. The van der Waals surface area contributed by atoms with E-state index in [0.29, 0.717) is 18.5 Å². The Hall–Kier alpha value is -2.20. The highest BCUT2D eigenvalue weighted by Gasteiger charge is 2.13. The summed E-state index contributed by atoms with van der Waals surface area (Å²) in [6, 6.07) is 13.1. The van der Waals surface area contributed by atoms with Gasteiger partial charge in [0.05, 0.1) is 5.52 Å². The molecule has 1 heterocycles. The molecule has 21 heavy (non-hydrogen) atoms. The van der Waals surface area contributed by atoms with E-state index in [4.69, 9.17) is 5.73 Å². The van der Waals surface area contributed by atoms with Crippen molar-refractivity contribution in [2.45, 2.75) is 26.4 Å². The van der Waals surface area contributed by atoms with Crippen LogP contribution in [0.4, 0.5) is 4.39 Å². The van der Waals surface area contributed by atoms with Gasteiger partial charge in [-0.15, -0.1) is 0 Å². The monoisotopic (exact) mass is 283 g/mol. The molecule has 108 valence electrons. The van der Waals surface area contributed by atoms with E-state index in [1.165, 1.54) is 6.07 Å². The van der Waals surface area contributed by atoms with E-state index >= 15 is 0 Å². The average Bonchev–Trinajstić information content (AvgIpc) is 2.86. The Balaban J connectivity index is 2.10. The highest BCUT2D eigenvalue weighted by Crippen LogP contribution is 2.22. The number of para-hydroxylation sites is 1. The summed E-state index contributed by atoms with van der Waals surface area (Å²) in [5.41, 5.74) is 9.32. The van der Waals surface area contributed by atoms with Crippen LogP contribution in [0.25, 0.3) is 11.0 Å². The SMILES string of the molecule is CCn1c(Cc2ccccc2CN)nc2c(F)cccc21. The van der Waals surface area contributed by atoms with Crippen LogP contribution in [-0.4, -0.2) is 9.55 Å². The molecule has 1 aromatic heterocycles. The molecular weight excluding hydrogens is 265 g/mol. The number of imidazole rings is 1. The fourth-order valence-corrected chi connectivity index (χ4v) is 2.75. The van der Waals surface area contributed by atoms with E-state index in [1.807, 2.05) is 31.2 Å². The Labute approximate surface area is 123 Å². The summed E-state index contributed by atoms with van der Waals surface area (Å²) < 4.78 is 16.0. The van der Waals surface area contributed by atoms with Crippen LogP contribution in [-0.2, 0) is 19.5 Å². The molecule has 4 heteroatoms. The number of aromatic nitrogens is 2. The average molecular weight is 283 g/mol. The molecule has 0 spiro atoms. The quantitative estimate of drug-likeness (QED) is 0.798. The number of nitrogens with two attached hydrogens (primary N) is 1. The van der Waals surface area contributed by atoms with Crippen LogP contribution < -0.4 is 5.73 Å². The van der Waals surface area contributed by atoms with Crippen molar-refractivity contribution < 1.29 is 4.39 Å². The minimum atomic E-state index is -0.270. The molecule has 0 unspecified atom stereocenters. The van der Waals surface area contributed by atoms with Crippen molar-refractivity contribution in [1.82, 2.24) is 9.55 Å². The Kier molecular flexibility index (Phi) is 3.71. The number of aryl methyl sites for hydroxylation is 1. The summed E-state index contributed by atoms with van der Waals surface area (Å²) in [5, 5.41) is 0. The van der Waals surface area contributed by atoms with Gasteiger partial charge in [0.1, 0.15) is 11.3 Å². The smallest absolute Gasteiger partial charge is 0.151 e. The number of fused-ring (bicyclic) bond motifs is 1. The van der Waals surface area contributed by atoms with Gasteiger partial charge in [0.2, 0.25) is 0 Å². The van der Waals surface area contributed by atoms with Crippen LogP contribution in [0.2, 0.25) is 0 Å². The second kappa shape index (κ2) is 5.66. The van der Waals surface area contributed by atoms with E-state index in [9.17, 15) is 4.39 Å². The van der Waals surface area contributed by atoms with Crippen molar-refractivity contribution in [3.8, 4) is 0 Å². The first-order valence-electron chi connectivity index (χ1n) is 7.15. The second-order valence-electron chi connectivity index (χ2n) is 5.03. The summed E-state index contributed by atoms with van der Waals surface area (Å²) >= 11 is 0. The normalized spacial score (nSPS) is 11.2. The number of rotatable bonds is 4. The number of benzene rings is 2. The number of hydrogen-bond donors (Lipinski definition) is 1.